The van der Waals surface area contributed by atoms with E-state index in [1.165, 1.54) is 0 Å². The molecule has 2 rings (SSSR count). The maximum atomic E-state index is 12.3. The molecule has 5 heteroatoms. The number of hydrogen-bond acceptors (Lipinski definition) is 4. The highest BCUT2D eigenvalue weighted by Crippen LogP contribution is 2.16. The van der Waals surface area contributed by atoms with Crippen LogP contribution in [-0.2, 0) is 6.54 Å². The van der Waals surface area contributed by atoms with E-state index in [1.807, 2.05) is 45.0 Å². The van der Waals surface area contributed by atoms with Gasteiger partial charge in [0.05, 0.1) is 17.8 Å². The zero-order valence-corrected chi connectivity index (χ0v) is 12.6. The van der Waals surface area contributed by atoms with Crippen LogP contribution in [0.4, 0.5) is 5.69 Å². The summed E-state index contributed by atoms with van der Waals surface area (Å²) in [6, 6.07) is 9.55. The summed E-state index contributed by atoms with van der Waals surface area (Å²) in [5.74, 6) is 0.582. The minimum atomic E-state index is -0.116. The van der Waals surface area contributed by atoms with Crippen LogP contribution in [0.5, 0.6) is 0 Å². The normalized spacial score (nSPS) is 10.5. The Kier molecular flexibility index (Phi) is 4.87. The SMILES string of the molecule is Cc1nccc(CNC(=O)c2ccccc2NC(C)C)n1. The van der Waals surface area contributed by atoms with E-state index in [-0.39, 0.29) is 11.9 Å². The zero-order valence-electron chi connectivity index (χ0n) is 12.6. The summed E-state index contributed by atoms with van der Waals surface area (Å²) in [7, 11) is 0. The van der Waals surface area contributed by atoms with E-state index in [4.69, 9.17) is 0 Å². The molecule has 1 amide bonds. The number of nitrogens with one attached hydrogen (secondary N) is 2. The molecule has 0 radical (unpaired) electrons. The lowest BCUT2D eigenvalue weighted by molar-refractivity contribution is 0.0951. The summed E-state index contributed by atoms with van der Waals surface area (Å²) in [4.78, 5) is 20.6. The minimum absolute atomic E-state index is 0.116. The number of anilines is 1. The third-order valence-corrected chi connectivity index (χ3v) is 2.88. The standard InChI is InChI=1S/C16H20N4O/c1-11(2)19-15-7-5-4-6-14(15)16(21)18-10-13-8-9-17-12(3)20-13/h4-9,11,19H,10H2,1-3H3,(H,18,21). The van der Waals surface area contributed by atoms with Crippen LogP contribution in [0.15, 0.2) is 36.5 Å². The summed E-state index contributed by atoms with van der Waals surface area (Å²) in [5.41, 5.74) is 2.27. The number of carbonyl (C=O) groups excluding carboxylic acids is 1. The summed E-state index contributed by atoms with van der Waals surface area (Å²) in [6.45, 7) is 6.29. The number of amides is 1. The van der Waals surface area contributed by atoms with Crippen molar-refractivity contribution in [3.63, 3.8) is 0 Å². The van der Waals surface area contributed by atoms with Crippen molar-refractivity contribution in [2.24, 2.45) is 0 Å². The third-order valence-electron chi connectivity index (χ3n) is 2.88. The van der Waals surface area contributed by atoms with Crippen molar-refractivity contribution in [1.82, 2.24) is 15.3 Å². The van der Waals surface area contributed by atoms with E-state index < -0.39 is 0 Å². The summed E-state index contributed by atoms with van der Waals surface area (Å²) >= 11 is 0. The topological polar surface area (TPSA) is 66.9 Å². The second-order valence-corrected chi connectivity index (χ2v) is 5.12. The Bertz CT molecular complexity index is 625. The highest BCUT2D eigenvalue weighted by Gasteiger charge is 2.11. The largest absolute Gasteiger partial charge is 0.382 e. The van der Waals surface area contributed by atoms with Gasteiger partial charge in [0.25, 0.3) is 5.91 Å². The number of para-hydroxylation sites is 1. The Hall–Kier alpha value is -2.43. The molecule has 0 unspecified atom stereocenters. The maximum Gasteiger partial charge on any atom is 0.253 e. The highest BCUT2D eigenvalue weighted by atomic mass is 16.1. The number of carbonyl (C=O) groups is 1. The minimum Gasteiger partial charge on any atom is -0.382 e. The van der Waals surface area contributed by atoms with Crippen molar-refractivity contribution in [3.05, 3.63) is 53.6 Å². The molecule has 1 heterocycles. The maximum absolute atomic E-state index is 12.3. The lowest BCUT2D eigenvalue weighted by Crippen LogP contribution is -2.25. The molecule has 0 fully saturated rings. The van der Waals surface area contributed by atoms with Crippen LogP contribution in [0.3, 0.4) is 0 Å². The van der Waals surface area contributed by atoms with Gasteiger partial charge in [-0.2, -0.15) is 0 Å². The fourth-order valence-electron chi connectivity index (χ4n) is 1.99. The van der Waals surface area contributed by atoms with Crippen LogP contribution in [-0.4, -0.2) is 21.9 Å². The first kappa shape index (κ1) is 15.0. The lowest BCUT2D eigenvalue weighted by Gasteiger charge is -2.14. The summed E-state index contributed by atoms with van der Waals surface area (Å²) < 4.78 is 0. The second-order valence-electron chi connectivity index (χ2n) is 5.12. The molecular weight excluding hydrogens is 264 g/mol. The highest BCUT2D eigenvalue weighted by molar-refractivity contribution is 5.99. The Balaban J connectivity index is 2.07. The fourth-order valence-corrected chi connectivity index (χ4v) is 1.99. The second kappa shape index (κ2) is 6.83. The summed E-state index contributed by atoms with van der Waals surface area (Å²) in [5, 5.41) is 6.16. The zero-order chi connectivity index (χ0) is 15.2. The van der Waals surface area contributed by atoms with Crippen molar-refractivity contribution in [1.29, 1.82) is 0 Å². The first-order valence-electron chi connectivity index (χ1n) is 6.98. The van der Waals surface area contributed by atoms with Gasteiger partial charge in [0.2, 0.25) is 0 Å². The van der Waals surface area contributed by atoms with Crippen molar-refractivity contribution >= 4 is 11.6 Å². The summed E-state index contributed by atoms with van der Waals surface area (Å²) in [6.07, 6.45) is 1.69. The van der Waals surface area contributed by atoms with Gasteiger partial charge in [-0.1, -0.05) is 12.1 Å². The third kappa shape index (κ3) is 4.27. The molecule has 1 aromatic carbocycles. The van der Waals surface area contributed by atoms with Gasteiger partial charge in [-0.15, -0.1) is 0 Å². The van der Waals surface area contributed by atoms with Crippen LogP contribution in [0.2, 0.25) is 0 Å². The molecule has 0 atom stereocenters. The number of aryl methyl sites for hydroxylation is 1. The van der Waals surface area contributed by atoms with Gasteiger partial charge >= 0.3 is 0 Å². The van der Waals surface area contributed by atoms with Crippen LogP contribution >= 0.6 is 0 Å². The Labute approximate surface area is 124 Å². The predicted molar refractivity (Wildman–Crippen MR) is 83.1 cm³/mol. The smallest absolute Gasteiger partial charge is 0.253 e. The molecule has 0 bridgehead atoms. The molecule has 21 heavy (non-hydrogen) atoms. The predicted octanol–water partition coefficient (Wildman–Crippen LogP) is 2.54. The van der Waals surface area contributed by atoms with Crippen molar-refractivity contribution < 1.29 is 4.79 Å². The molecule has 0 aliphatic rings. The van der Waals surface area contributed by atoms with E-state index >= 15 is 0 Å². The average Bonchev–Trinajstić information content (AvgIpc) is 2.45. The van der Waals surface area contributed by atoms with Crippen LogP contribution < -0.4 is 10.6 Å². The fraction of sp³-hybridized carbons (Fsp3) is 0.312. The Morgan fingerprint density at radius 2 is 2.00 bits per heavy atom. The first-order valence-corrected chi connectivity index (χ1v) is 6.98. The van der Waals surface area contributed by atoms with E-state index in [0.717, 1.165) is 11.4 Å². The number of aromatic nitrogens is 2. The van der Waals surface area contributed by atoms with Gasteiger partial charge < -0.3 is 10.6 Å². The van der Waals surface area contributed by atoms with Crippen LogP contribution in [0, 0.1) is 6.92 Å². The van der Waals surface area contributed by atoms with Gasteiger partial charge in [0.15, 0.2) is 0 Å². The van der Waals surface area contributed by atoms with Crippen LogP contribution in [0.25, 0.3) is 0 Å². The van der Waals surface area contributed by atoms with Crippen molar-refractivity contribution in [2.75, 3.05) is 5.32 Å². The molecule has 0 saturated heterocycles. The molecule has 5 nitrogen and oxygen atoms in total. The van der Waals surface area contributed by atoms with Crippen LogP contribution in [0.1, 0.15) is 35.7 Å². The van der Waals surface area contributed by atoms with Gasteiger partial charge in [-0.05, 0) is 39.0 Å². The Morgan fingerprint density at radius 3 is 2.71 bits per heavy atom. The van der Waals surface area contributed by atoms with E-state index in [0.29, 0.717) is 17.9 Å². The van der Waals surface area contributed by atoms with Gasteiger partial charge in [0, 0.05) is 17.9 Å². The van der Waals surface area contributed by atoms with Crippen molar-refractivity contribution in [2.45, 2.75) is 33.4 Å². The first-order chi connectivity index (χ1) is 10.1. The molecule has 0 spiro atoms. The van der Waals surface area contributed by atoms with E-state index in [2.05, 4.69) is 20.6 Å². The molecule has 110 valence electrons. The number of nitrogens with zero attached hydrogens (tertiary/aromatic N) is 2. The lowest BCUT2D eigenvalue weighted by atomic mass is 10.1. The van der Waals surface area contributed by atoms with E-state index in [1.54, 1.807) is 12.3 Å². The molecule has 0 aliphatic carbocycles. The quantitative estimate of drug-likeness (QED) is 0.885. The monoisotopic (exact) mass is 284 g/mol. The molecule has 1 aromatic heterocycles. The molecule has 2 N–H and O–H groups in total. The van der Waals surface area contributed by atoms with Gasteiger partial charge in [-0.25, -0.2) is 9.97 Å². The van der Waals surface area contributed by atoms with Gasteiger partial charge in [0.1, 0.15) is 5.82 Å². The average molecular weight is 284 g/mol. The van der Waals surface area contributed by atoms with Gasteiger partial charge in [-0.3, -0.25) is 4.79 Å². The molecule has 0 saturated carbocycles. The molecular formula is C16H20N4O. The number of benzene rings is 1. The molecule has 2 aromatic rings. The number of hydrogen-bond donors (Lipinski definition) is 2. The number of rotatable bonds is 5. The Morgan fingerprint density at radius 1 is 1.24 bits per heavy atom. The molecule has 0 aliphatic heterocycles. The van der Waals surface area contributed by atoms with E-state index in [9.17, 15) is 4.79 Å². The van der Waals surface area contributed by atoms with Crippen molar-refractivity contribution in [3.8, 4) is 0 Å².